The Hall–Kier alpha value is -0.540. The van der Waals surface area contributed by atoms with Gasteiger partial charge in [-0.2, -0.15) is 0 Å². The van der Waals surface area contributed by atoms with Gasteiger partial charge in [0, 0.05) is 12.0 Å². The molecule has 0 spiro atoms. The zero-order valence-electron chi connectivity index (χ0n) is 10.4. The Morgan fingerprint density at radius 3 is 3.00 bits per heavy atom. The number of hydrogen-bond acceptors (Lipinski definition) is 3. The van der Waals surface area contributed by atoms with E-state index in [4.69, 9.17) is 9.47 Å². The molecule has 0 aromatic rings. The molecule has 1 N–H and O–H groups in total. The third-order valence-corrected chi connectivity index (χ3v) is 3.49. The van der Waals surface area contributed by atoms with Gasteiger partial charge in [0.15, 0.2) is 0 Å². The molecule has 2 aliphatic rings. The van der Waals surface area contributed by atoms with E-state index in [2.05, 4.69) is 19.2 Å². The quantitative estimate of drug-likeness (QED) is 0.794. The topological polar surface area (TPSA) is 30.5 Å². The minimum absolute atomic E-state index is 0.413. The van der Waals surface area contributed by atoms with Crippen LogP contribution in [0.5, 0.6) is 0 Å². The Morgan fingerprint density at radius 1 is 1.56 bits per heavy atom. The zero-order valence-corrected chi connectivity index (χ0v) is 10.4. The summed E-state index contributed by atoms with van der Waals surface area (Å²) in [5.41, 5.74) is 1.43. The first-order valence-electron chi connectivity index (χ1n) is 6.46. The highest BCUT2D eigenvalue weighted by molar-refractivity contribution is 5.12. The maximum Gasteiger partial charge on any atom is 0.0876 e. The Morgan fingerprint density at radius 2 is 2.44 bits per heavy atom. The summed E-state index contributed by atoms with van der Waals surface area (Å²) in [7, 11) is 0. The highest BCUT2D eigenvalue weighted by Crippen LogP contribution is 2.29. The first kappa shape index (κ1) is 11.9. The molecule has 0 amide bonds. The van der Waals surface area contributed by atoms with E-state index in [-0.39, 0.29) is 0 Å². The van der Waals surface area contributed by atoms with E-state index in [1.54, 1.807) is 0 Å². The van der Waals surface area contributed by atoms with Crippen LogP contribution < -0.4 is 5.32 Å². The van der Waals surface area contributed by atoms with Crippen LogP contribution in [0.25, 0.3) is 0 Å². The molecule has 3 heteroatoms. The maximum absolute atomic E-state index is 5.68. The average molecular weight is 225 g/mol. The summed E-state index contributed by atoms with van der Waals surface area (Å²) in [6.45, 7) is 7.09. The molecule has 16 heavy (non-hydrogen) atoms. The Kier molecular flexibility index (Phi) is 4.24. The van der Waals surface area contributed by atoms with Crippen molar-refractivity contribution in [2.45, 2.75) is 45.3 Å². The molecule has 1 saturated heterocycles. The number of likely N-dealkylation sites (N-methyl/N-ethyl adjacent to an activating group) is 1. The van der Waals surface area contributed by atoms with Crippen molar-refractivity contribution < 1.29 is 9.47 Å². The average Bonchev–Trinajstić information content (AvgIpc) is 2.74. The van der Waals surface area contributed by atoms with E-state index in [9.17, 15) is 0 Å². The second kappa shape index (κ2) is 5.69. The Bertz CT molecular complexity index is 252. The summed E-state index contributed by atoms with van der Waals surface area (Å²) in [4.78, 5) is 0. The Labute approximate surface area is 98.2 Å². The van der Waals surface area contributed by atoms with Crippen molar-refractivity contribution in [1.82, 2.24) is 5.32 Å². The minimum Gasteiger partial charge on any atom is -0.501 e. The monoisotopic (exact) mass is 225 g/mol. The molecule has 2 aliphatic heterocycles. The van der Waals surface area contributed by atoms with E-state index in [0.717, 1.165) is 32.6 Å². The van der Waals surface area contributed by atoms with E-state index in [1.165, 1.54) is 12.0 Å². The number of hydrogen-bond donors (Lipinski definition) is 1. The van der Waals surface area contributed by atoms with Gasteiger partial charge in [0.05, 0.1) is 25.6 Å². The van der Waals surface area contributed by atoms with Gasteiger partial charge in [-0.1, -0.05) is 6.92 Å². The van der Waals surface area contributed by atoms with Crippen LogP contribution >= 0.6 is 0 Å². The highest BCUT2D eigenvalue weighted by atomic mass is 16.5. The lowest BCUT2D eigenvalue weighted by atomic mass is 9.88. The van der Waals surface area contributed by atoms with Crippen LogP contribution in [0.4, 0.5) is 0 Å². The third kappa shape index (κ3) is 2.77. The van der Waals surface area contributed by atoms with E-state index < -0.39 is 0 Å². The van der Waals surface area contributed by atoms with Gasteiger partial charge in [-0.25, -0.2) is 0 Å². The molecule has 3 nitrogen and oxygen atoms in total. The van der Waals surface area contributed by atoms with Gasteiger partial charge in [0.25, 0.3) is 0 Å². The molecule has 0 saturated carbocycles. The lowest BCUT2D eigenvalue weighted by molar-refractivity contribution is 0.117. The van der Waals surface area contributed by atoms with Crippen LogP contribution in [-0.4, -0.2) is 31.9 Å². The van der Waals surface area contributed by atoms with Gasteiger partial charge in [0.1, 0.15) is 0 Å². The maximum atomic E-state index is 5.68. The van der Waals surface area contributed by atoms with Gasteiger partial charge < -0.3 is 14.8 Å². The van der Waals surface area contributed by atoms with E-state index in [1.807, 2.05) is 6.26 Å². The smallest absolute Gasteiger partial charge is 0.0876 e. The number of nitrogens with one attached hydrogen (secondary N) is 1. The molecule has 0 bridgehead atoms. The fourth-order valence-corrected chi connectivity index (χ4v) is 2.72. The minimum atomic E-state index is 0.413. The molecule has 92 valence electrons. The SMILES string of the molecule is CCNC(C1=COCCC1)C1COC(C)C1. The van der Waals surface area contributed by atoms with Crippen molar-refractivity contribution >= 4 is 0 Å². The van der Waals surface area contributed by atoms with Crippen molar-refractivity contribution in [2.24, 2.45) is 5.92 Å². The standard InChI is InChI=1S/C13H23NO2/c1-3-14-13(11-5-4-6-15-8-11)12-7-10(2)16-9-12/h8,10,12-14H,3-7,9H2,1-2H3. The van der Waals surface area contributed by atoms with Crippen molar-refractivity contribution in [3.63, 3.8) is 0 Å². The van der Waals surface area contributed by atoms with Crippen molar-refractivity contribution in [3.05, 3.63) is 11.8 Å². The summed E-state index contributed by atoms with van der Waals surface area (Å²) >= 11 is 0. The van der Waals surface area contributed by atoms with Crippen molar-refractivity contribution in [1.29, 1.82) is 0 Å². The van der Waals surface area contributed by atoms with Gasteiger partial charge in [-0.15, -0.1) is 0 Å². The fraction of sp³-hybridized carbons (Fsp3) is 0.846. The number of rotatable bonds is 4. The van der Waals surface area contributed by atoms with Gasteiger partial charge in [-0.05, 0) is 38.3 Å². The summed E-state index contributed by atoms with van der Waals surface area (Å²) in [6, 6.07) is 0.454. The highest BCUT2D eigenvalue weighted by Gasteiger charge is 2.31. The summed E-state index contributed by atoms with van der Waals surface area (Å²) in [5, 5.41) is 3.59. The Balaban J connectivity index is 2.01. The fourth-order valence-electron chi connectivity index (χ4n) is 2.72. The second-order valence-electron chi connectivity index (χ2n) is 4.84. The molecular formula is C13H23NO2. The molecule has 3 atom stereocenters. The molecular weight excluding hydrogens is 202 g/mol. The van der Waals surface area contributed by atoms with Crippen LogP contribution in [0.1, 0.15) is 33.1 Å². The first-order valence-corrected chi connectivity index (χ1v) is 6.46. The third-order valence-electron chi connectivity index (χ3n) is 3.49. The normalized spacial score (nSPS) is 32.0. The molecule has 1 fully saturated rings. The predicted molar refractivity (Wildman–Crippen MR) is 64.3 cm³/mol. The lowest BCUT2D eigenvalue weighted by Gasteiger charge is -2.28. The largest absolute Gasteiger partial charge is 0.501 e. The van der Waals surface area contributed by atoms with Gasteiger partial charge in [-0.3, -0.25) is 0 Å². The van der Waals surface area contributed by atoms with Gasteiger partial charge in [0.2, 0.25) is 0 Å². The molecule has 2 heterocycles. The van der Waals surface area contributed by atoms with E-state index >= 15 is 0 Å². The molecule has 0 aromatic carbocycles. The van der Waals surface area contributed by atoms with Gasteiger partial charge >= 0.3 is 0 Å². The van der Waals surface area contributed by atoms with Crippen LogP contribution in [0.2, 0.25) is 0 Å². The first-order chi connectivity index (χ1) is 7.81. The summed E-state index contributed by atoms with van der Waals surface area (Å²) in [5.74, 6) is 0.614. The molecule has 0 aromatic heterocycles. The number of ether oxygens (including phenoxy) is 2. The summed E-state index contributed by atoms with van der Waals surface area (Å²) in [6.07, 6.45) is 5.87. The van der Waals surface area contributed by atoms with Crippen LogP contribution in [0, 0.1) is 5.92 Å². The predicted octanol–water partition coefficient (Wildman–Crippen LogP) is 2.08. The molecule has 2 rings (SSSR count). The van der Waals surface area contributed by atoms with Crippen molar-refractivity contribution in [2.75, 3.05) is 19.8 Å². The molecule has 3 unspecified atom stereocenters. The summed E-state index contributed by atoms with van der Waals surface area (Å²) < 4.78 is 11.1. The van der Waals surface area contributed by atoms with Crippen LogP contribution in [-0.2, 0) is 9.47 Å². The molecule has 0 radical (unpaired) electrons. The lowest BCUT2D eigenvalue weighted by Crippen LogP contribution is -2.39. The van der Waals surface area contributed by atoms with Crippen LogP contribution in [0.15, 0.2) is 11.8 Å². The van der Waals surface area contributed by atoms with Crippen molar-refractivity contribution in [3.8, 4) is 0 Å². The zero-order chi connectivity index (χ0) is 11.4. The molecule has 0 aliphatic carbocycles. The van der Waals surface area contributed by atoms with E-state index in [0.29, 0.717) is 18.1 Å². The second-order valence-corrected chi connectivity index (χ2v) is 4.84. The van der Waals surface area contributed by atoms with Crippen LogP contribution in [0.3, 0.4) is 0 Å².